The molecule has 1 aromatic heterocycles. The van der Waals surface area contributed by atoms with Gasteiger partial charge in [0.05, 0.1) is 34.9 Å². The number of pyridine rings is 1. The van der Waals surface area contributed by atoms with Gasteiger partial charge in [0.25, 0.3) is 5.91 Å². The van der Waals surface area contributed by atoms with Crippen molar-refractivity contribution in [2.75, 3.05) is 50.8 Å². The Morgan fingerprint density at radius 3 is 2.45 bits per heavy atom. The zero-order valence-electron chi connectivity index (χ0n) is 19.0. The summed E-state index contributed by atoms with van der Waals surface area (Å²) in [5.41, 5.74) is 1.29. The Morgan fingerprint density at radius 2 is 1.82 bits per heavy atom. The quantitative estimate of drug-likeness (QED) is 0.708. The molecule has 0 aliphatic carbocycles. The van der Waals surface area contributed by atoms with E-state index in [9.17, 15) is 19.2 Å². The van der Waals surface area contributed by atoms with Gasteiger partial charge in [0.1, 0.15) is 5.82 Å². The minimum Gasteiger partial charge on any atom is -0.450 e. The number of piperidine rings is 1. The van der Waals surface area contributed by atoms with Crippen molar-refractivity contribution in [2.45, 2.75) is 26.7 Å². The summed E-state index contributed by atoms with van der Waals surface area (Å²) < 4.78 is 19.3. The molecule has 2 aliphatic rings. The van der Waals surface area contributed by atoms with E-state index in [0.29, 0.717) is 80.9 Å². The Hall–Kier alpha value is -3.41. The van der Waals surface area contributed by atoms with Gasteiger partial charge in [0, 0.05) is 50.9 Å². The largest absolute Gasteiger partial charge is 0.450 e. The minimum absolute atomic E-state index is 0.194. The number of ether oxygens (including phenoxy) is 1. The Bertz CT molecular complexity index is 1100. The number of aromatic nitrogens is 1. The second-order valence-electron chi connectivity index (χ2n) is 8.82. The number of hydrogen-bond acceptors (Lipinski definition) is 6. The first kappa shape index (κ1) is 22.8. The molecule has 8 nitrogen and oxygen atoms in total. The number of benzene rings is 1. The third-order valence-electron chi connectivity index (χ3n) is 6.58. The summed E-state index contributed by atoms with van der Waals surface area (Å²) in [7, 11) is 0. The lowest BCUT2D eigenvalue weighted by Gasteiger charge is -2.38. The number of anilines is 1. The molecule has 0 N–H and O–H groups in total. The number of nitrogens with zero attached hydrogens (tertiary/aromatic N) is 5. The monoisotopic (exact) mass is 453 g/mol. The molecule has 0 unspecified atom stereocenters. The molecule has 0 saturated carbocycles. The molecule has 174 valence electrons. The molecule has 0 radical (unpaired) electrons. The molecule has 0 bridgehead atoms. The Balaban J connectivity index is 1.64. The van der Waals surface area contributed by atoms with E-state index in [1.54, 1.807) is 29.0 Å². The van der Waals surface area contributed by atoms with Gasteiger partial charge in [0.2, 0.25) is 0 Å². The van der Waals surface area contributed by atoms with Crippen LogP contribution < -0.4 is 4.90 Å². The molecule has 3 heterocycles. The van der Waals surface area contributed by atoms with Crippen molar-refractivity contribution in [3.8, 4) is 6.07 Å². The summed E-state index contributed by atoms with van der Waals surface area (Å²) in [6, 6.07) is 6.79. The van der Waals surface area contributed by atoms with Crippen LogP contribution in [-0.4, -0.2) is 72.7 Å². The standard InChI is InChI=1S/C24H28FN5O3/c1-3-33-23(32)30-12-10-29(11-13-30)22(31)19-15-27-20-5-4-17(25)14-18(20)21(19)28-8-6-24(2,16-26)7-9-28/h4-5,14-15H,3,6-13H2,1-2H3. The van der Waals surface area contributed by atoms with E-state index in [1.165, 1.54) is 12.1 Å². The lowest BCUT2D eigenvalue weighted by molar-refractivity contribution is 0.0570. The van der Waals surface area contributed by atoms with Crippen LogP contribution in [-0.2, 0) is 4.74 Å². The molecule has 1 aromatic carbocycles. The average Bonchev–Trinajstić information content (AvgIpc) is 2.84. The zero-order valence-corrected chi connectivity index (χ0v) is 19.0. The van der Waals surface area contributed by atoms with Crippen LogP contribution in [0.15, 0.2) is 24.4 Å². The van der Waals surface area contributed by atoms with Gasteiger partial charge < -0.3 is 19.4 Å². The predicted molar refractivity (Wildman–Crippen MR) is 121 cm³/mol. The number of carbonyl (C=O) groups excluding carboxylic acids is 2. The van der Waals surface area contributed by atoms with Crippen LogP contribution in [0.5, 0.6) is 0 Å². The smallest absolute Gasteiger partial charge is 0.409 e. The third kappa shape index (κ3) is 4.56. The van der Waals surface area contributed by atoms with E-state index >= 15 is 0 Å². The highest BCUT2D eigenvalue weighted by atomic mass is 19.1. The second kappa shape index (κ2) is 9.22. The van der Waals surface area contributed by atoms with Gasteiger partial charge >= 0.3 is 6.09 Å². The van der Waals surface area contributed by atoms with Gasteiger partial charge in [-0.25, -0.2) is 9.18 Å². The molecule has 2 amide bonds. The fraction of sp³-hybridized carbons (Fsp3) is 0.500. The summed E-state index contributed by atoms with van der Waals surface area (Å²) in [5.74, 6) is -0.585. The normalized spacial score (nSPS) is 18.2. The number of hydrogen-bond donors (Lipinski definition) is 0. The Labute approximate surface area is 192 Å². The zero-order chi connectivity index (χ0) is 23.6. The Kier molecular flexibility index (Phi) is 6.36. The van der Waals surface area contributed by atoms with Crippen LogP contribution in [0.3, 0.4) is 0 Å². The maximum Gasteiger partial charge on any atom is 0.409 e. The lowest BCUT2D eigenvalue weighted by atomic mass is 9.81. The summed E-state index contributed by atoms with van der Waals surface area (Å²) in [4.78, 5) is 35.3. The maximum absolute atomic E-state index is 14.2. The van der Waals surface area contributed by atoms with Crippen molar-refractivity contribution >= 4 is 28.6 Å². The number of carbonyl (C=O) groups is 2. The van der Waals surface area contributed by atoms with Crippen LogP contribution in [0.2, 0.25) is 0 Å². The predicted octanol–water partition coefficient (Wildman–Crippen LogP) is 3.42. The van der Waals surface area contributed by atoms with Gasteiger partial charge in [0.15, 0.2) is 0 Å². The second-order valence-corrected chi connectivity index (χ2v) is 8.82. The molecule has 2 fully saturated rings. The topological polar surface area (TPSA) is 89.8 Å². The molecule has 2 aliphatic heterocycles. The molecule has 0 atom stereocenters. The summed E-state index contributed by atoms with van der Waals surface area (Å²) in [6.07, 6.45) is 2.51. The minimum atomic E-state index is -0.405. The number of amides is 2. The summed E-state index contributed by atoms with van der Waals surface area (Å²) in [6.45, 7) is 6.74. The Morgan fingerprint density at radius 1 is 1.15 bits per heavy atom. The van der Waals surface area contributed by atoms with Gasteiger partial charge in [-0.05, 0) is 44.9 Å². The van der Waals surface area contributed by atoms with E-state index < -0.39 is 11.2 Å². The van der Waals surface area contributed by atoms with Gasteiger partial charge in [-0.15, -0.1) is 0 Å². The van der Waals surface area contributed by atoms with Crippen molar-refractivity contribution in [1.29, 1.82) is 5.26 Å². The highest BCUT2D eigenvalue weighted by Gasteiger charge is 2.34. The van der Waals surface area contributed by atoms with Gasteiger partial charge in [-0.1, -0.05) is 0 Å². The molecule has 4 rings (SSSR count). The van der Waals surface area contributed by atoms with E-state index in [-0.39, 0.29) is 12.0 Å². The van der Waals surface area contributed by atoms with Crippen molar-refractivity contribution in [1.82, 2.24) is 14.8 Å². The first-order valence-electron chi connectivity index (χ1n) is 11.3. The van der Waals surface area contributed by atoms with Crippen LogP contribution in [0, 0.1) is 22.6 Å². The maximum atomic E-state index is 14.2. The number of nitriles is 1. The number of rotatable bonds is 3. The third-order valence-corrected chi connectivity index (χ3v) is 6.58. The highest BCUT2D eigenvalue weighted by Crippen LogP contribution is 2.37. The summed E-state index contributed by atoms with van der Waals surface area (Å²) in [5, 5.41) is 10.1. The summed E-state index contributed by atoms with van der Waals surface area (Å²) >= 11 is 0. The molecule has 33 heavy (non-hydrogen) atoms. The first-order chi connectivity index (χ1) is 15.8. The number of fused-ring (bicyclic) bond motifs is 1. The molecular weight excluding hydrogens is 425 g/mol. The highest BCUT2D eigenvalue weighted by molar-refractivity contribution is 6.07. The van der Waals surface area contributed by atoms with Crippen molar-refractivity contribution < 1.29 is 18.7 Å². The molecule has 9 heteroatoms. The van der Waals surface area contributed by atoms with Crippen molar-refractivity contribution in [3.05, 3.63) is 35.8 Å². The average molecular weight is 454 g/mol. The number of halogens is 1. The fourth-order valence-electron chi connectivity index (χ4n) is 4.46. The molecule has 2 saturated heterocycles. The first-order valence-corrected chi connectivity index (χ1v) is 11.3. The van der Waals surface area contributed by atoms with Crippen molar-refractivity contribution in [3.63, 3.8) is 0 Å². The lowest BCUT2D eigenvalue weighted by Crippen LogP contribution is -2.51. The van der Waals surface area contributed by atoms with Crippen LogP contribution in [0.4, 0.5) is 14.9 Å². The molecule has 0 spiro atoms. The van der Waals surface area contributed by atoms with Crippen molar-refractivity contribution in [2.24, 2.45) is 5.41 Å². The van der Waals surface area contributed by atoms with Gasteiger partial charge in [-0.3, -0.25) is 9.78 Å². The van der Waals surface area contributed by atoms with Gasteiger partial charge in [-0.2, -0.15) is 5.26 Å². The van der Waals surface area contributed by atoms with E-state index in [1.807, 2.05) is 6.92 Å². The molecular formula is C24H28FN5O3. The van der Waals surface area contributed by atoms with Crippen LogP contribution >= 0.6 is 0 Å². The fourth-order valence-corrected chi connectivity index (χ4v) is 4.46. The van der Waals surface area contributed by atoms with E-state index in [0.717, 1.165) is 0 Å². The van der Waals surface area contributed by atoms with E-state index in [2.05, 4.69) is 16.0 Å². The molecule has 2 aromatic rings. The SMILES string of the molecule is CCOC(=O)N1CCN(C(=O)c2cnc3ccc(F)cc3c2N2CCC(C)(C#N)CC2)CC1. The van der Waals surface area contributed by atoms with Crippen LogP contribution in [0.1, 0.15) is 37.0 Å². The number of piperazine rings is 1. The van der Waals surface area contributed by atoms with Crippen LogP contribution in [0.25, 0.3) is 10.9 Å². The van der Waals surface area contributed by atoms with E-state index in [4.69, 9.17) is 4.74 Å².